The zero-order valence-electron chi connectivity index (χ0n) is 19.0. The van der Waals surface area contributed by atoms with Crippen LogP contribution in [0.25, 0.3) is 0 Å². The number of guanidine groups is 1. The van der Waals surface area contributed by atoms with Crippen molar-refractivity contribution in [3.8, 4) is 11.5 Å². The van der Waals surface area contributed by atoms with Crippen LogP contribution in [-0.4, -0.2) is 51.8 Å². The van der Waals surface area contributed by atoms with Gasteiger partial charge in [0.2, 0.25) is 0 Å². The van der Waals surface area contributed by atoms with Crippen molar-refractivity contribution in [1.82, 2.24) is 15.5 Å². The van der Waals surface area contributed by atoms with Gasteiger partial charge in [0, 0.05) is 26.7 Å². The molecule has 0 fully saturated rings. The van der Waals surface area contributed by atoms with Crippen LogP contribution >= 0.6 is 0 Å². The first-order chi connectivity index (χ1) is 14.6. The summed E-state index contributed by atoms with van der Waals surface area (Å²) in [5.41, 5.74) is 3.84. The molecule has 2 aromatic carbocycles. The predicted octanol–water partition coefficient (Wildman–Crippen LogP) is 3.45. The highest BCUT2D eigenvalue weighted by atomic mass is 16.5. The molecule has 164 valence electrons. The lowest BCUT2D eigenvalue weighted by atomic mass is 10.1. The Morgan fingerprint density at radius 2 is 1.63 bits per heavy atom. The van der Waals surface area contributed by atoms with Gasteiger partial charge in [-0.05, 0) is 48.3 Å². The van der Waals surface area contributed by atoms with E-state index < -0.39 is 0 Å². The van der Waals surface area contributed by atoms with Crippen molar-refractivity contribution in [3.63, 3.8) is 0 Å². The van der Waals surface area contributed by atoms with Gasteiger partial charge in [0.25, 0.3) is 0 Å². The topological polar surface area (TPSA) is 58.1 Å². The second-order valence-electron chi connectivity index (χ2n) is 7.02. The second kappa shape index (κ2) is 12.8. The van der Waals surface area contributed by atoms with Gasteiger partial charge in [-0.15, -0.1) is 0 Å². The number of aliphatic imine (C=N–C) groups is 1. The molecule has 0 radical (unpaired) electrons. The molecule has 2 aromatic rings. The molecule has 0 unspecified atom stereocenters. The van der Waals surface area contributed by atoms with Gasteiger partial charge >= 0.3 is 0 Å². The molecule has 0 spiro atoms. The number of nitrogens with one attached hydrogen (secondary N) is 2. The minimum Gasteiger partial charge on any atom is -0.493 e. The number of hydrogen-bond donors (Lipinski definition) is 2. The first-order valence-electron chi connectivity index (χ1n) is 10.6. The number of benzene rings is 2. The monoisotopic (exact) mass is 412 g/mol. The standard InChI is InChI=1S/C24H36N4O2/c1-6-28(7-2)18-21-11-9-8-10-20(21)17-27-24(25-3)26-15-14-19-12-13-22(29-4)23(16-19)30-5/h8-13,16H,6-7,14-15,17-18H2,1-5H3,(H2,25,26,27). The van der Waals surface area contributed by atoms with Gasteiger partial charge < -0.3 is 20.1 Å². The van der Waals surface area contributed by atoms with Crippen LogP contribution in [0.1, 0.15) is 30.5 Å². The number of methoxy groups -OCH3 is 2. The summed E-state index contributed by atoms with van der Waals surface area (Å²) in [6.07, 6.45) is 0.861. The Bertz CT molecular complexity index is 804. The highest BCUT2D eigenvalue weighted by molar-refractivity contribution is 5.79. The highest BCUT2D eigenvalue weighted by Gasteiger charge is 2.08. The maximum Gasteiger partial charge on any atom is 0.191 e. The lowest BCUT2D eigenvalue weighted by molar-refractivity contribution is 0.295. The normalized spacial score (nSPS) is 11.5. The van der Waals surface area contributed by atoms with E-state index in [2.05, 4.69) is 64.7 Å². The Balaban J connectivity index is 1.89. The van der Waals surface area contributed by atoms with E-state index in [0.717, 1.165) is 56.6 Å². The Hall–Kier alpha value is -2.73. The fraction of sp³-hybridized carbons (Fsp3) is 0.458. The van der Waals surface area contributed by atoms with Crippen LogP contribution in [0.4, 0.5) is 0 Å². The average molecular weight is 413 g/mol. The smallest absolute Gasteiger partial charge is 0.191 e. The Morgan fingerprint density at radius 1 is 0.933 bits per heavy atom. The molecular formula is C24H36N4O2. The van der Waals surface area contributed by atoms with Gasteiger partial charge in [0.05, 0.1) is 14.2 Å². The zero-order valence-corrected chi connectivity index (χ0v) is 19.0. The van der Waals surface area contributed by atoms with E-state index in [0.29, 0.717) is 0 Å². The average Bonchev–Trinajstić information content (AvgIpc) is 2.80. The van der Waals surface area contributed by atoms with E-state index in [1.54, 1.807) is 21.3 Å². The molecule has 6 nitrogen and oxygen atoms in total. The molecule has 2 rings (SSSR count). The lowest BCUT2D eigenvalue weighted by Crippen LogP contribution is -2.38. The van der Waals surface area contributed by atoms with Gasteiger partial charge in [0.1, 0.15) is 0 Å². The quantitative estimate of drug-likeness (QED) is 0.437. The summed E-state index contributed by atoms with van der Waals surface area (Å²) in [7, 11) is 5.10. The molecule has 0 saturated carbocycles. The Morgan fingerprint density at radius 3 is 2.27 bits per heavy atom. The van der Waals surface area contributed by atoms with E-state index in [9.17, 15) is 0 Å². The summed E-state index contributed by atoms with van der Waals surface area (Å²) in [4.78, 5) is 6.78. The molecule has 0 aliphatic rings. The summed E-state index contributed by atoms with van der Waals surface area (Å²) in [5, 5.41) is 6.83. The molecule has 2 N–H and O–H groups in total. The molecule has 0 aromatic heterocycles. The Kier molecular flexibility index (Phi) is 10.0. The number of hydrogen-bond acceptors (Lipinski definition) is 4. The summed E-state index contributed by atoms with van der Waals surface area (Å²) in [6, 6.07) is 14.6. The van der Waals surface area contributed by atoms with Crippen LogP contribution in [-0.2, 0) is 19.5 Å². The predicted molar refractivity (Wildman–Crippen MR) is 125 cm³/mol. The summed E-state index contributed by atoms with van der Waals surface area (Å²) < 4.78 is 10.7. The molecule has 0 amide bonds. The SMILES string of the molecule is CCN(CC)Cc1ccccc1CNC(=NC)NCCc1ccc(OC)c(OC)c1. The van der Waals surface area contributed by atoms with Crippen molar-refractivity contribution < 1.29 is 9.47 Å². The molecule has 6 heteroatoms. The fourth-order valence-corrected chi connectivity index (χ4v) is 3.33. The van der Waals surface area contributed by atoms with E-state index in [-0.39, 0.29) is 0 Å². The fourth-order valence-electron chi connectivity index (χ4n) is 3.33. The molecule has 0 heterocycles. The van der Waals surface area contributed by atoms with E-state index in [1.165, 1.54) is 16.7 Å². The van der Waals surface area contributed by atoms with Gasteiger partial charge in [-0.1, -0.05) is 44.2 Å². The highest BCUT2D eigenvalue weighted by Crippen LogP contribution is 2.27. The third-order valence-corrected chi connectivity index (χ3v) is 5.23. The first kappa shape index (κ1) is 23.5. The minimum absolute atomic E-state index is 0.744. The van der Waals surface area contributed by atoms with E-state index >= 15 is 0 Å². The van der Waals surface area contributed by atoms with Crippen molar-refractivity contribution in [2.24, 2.45) is 4.99 Å². The summed E-state index contributed by atoms with van der Waals surface area (Å²) in [5.74, 6) is 2.30. The van der Waals surface area contributed by atoms with Crippen LogP contribution in [0.15, 0.2) is 47.5 Å². The largest absolute Gasteiger partial charge is 0.493 e. The van der Waals surface area contributed by atoms with Gasteiger partial charge in [-0.25, -0.2) is 0 Å². The number of rotatable bonds is 11. The van der Waals surface area contributed by atoms with Crippen LogP contribution in [0.5, 0.6) is 11.5 Å². The maximum absolute atomic E-state index is 5.38. The molecule has 30 heavy (non-hydrogen) atoms. The van der Waals surface area contributed by atoms with Crippen LogP contribution in [0.2, 0.25) is 0 Å². The third-order valence-electron chi connectivity index (χ3n) is 5.23. The van der Waals surface area contributed by atoms with Crippen molar-refractivity contribution in [3.05, 3.63) is 59.2 Å². The van der Waals surface area contributed by atoms with E-state index in [4.69, 9.17) is 9.47 Å². The maximum atomic E-state index is 5.38. The summed E-state index contributed by atoms with van der Waals surface area (Å²) >= 11 is 0. The first-order valence-corrected chi connectivity index (χ1v) is 10.6. The van der Waals surface area contributed by atoms with Crippen LogP contribution in [0, 0.1) is 0 Å². The van der Waals surface area contributed by atoms with Crippen molar-refractivity contribution in [1.29, 1.82) is 0 Å². The van der Waals surface area contributed by atoms with Gasteiger partial charge in [-0.2, -0.15) is 0 Å². The minimum atomic E-state index is 0.744. The summed E-state index contributed by atoms with van der Waals surface area (Å²) in [6.45, 7) is 9.00. The molecule has 0 saturated heterocycles. The lowest BCUT2D eigenvalue weighted by Gasteiger charge is -2.20. The van der Waals surface area contributed by atoms with Crippen LogP contribution < -0.4 is 20.1 Å². The molecule has 0 aliphatic heterocycles. The Labute approximate surface area is 181 Å². The zero-order chi connectivity index (χ0) is 21.8. The second-order valence-corrected chi connectivity index (χ2v) is 7.02. The molecule has 0 bridgehead atoms. The molecule has 0 atom stereocenters. The van der Waals surface area contributed by atoms with E-state index in [1.807, 2.05) is 12.1 Å². The third kappa shape index (κ3) is 6.95. The van der Waals surface area contributed by atoms with Crippen LogP contribution in [0.3, 0.4) is 0 Å². The number of nitrogens with zero attached hydrogens (tertiary/aromatic N) is 2. The van der Waals surface area contributed by atoms with Gasteiger partial charge in [0.15, 0.2) is 17.5 Å². The van der Waals surface area contributed by atoms with Crippen molar-refractivity contribution >= 4 is 5.96 Å². The molecule has 0 aliphatic carbocycles. The number of ether oxygens (including phenoxy) is 2. The van der Waals surface area contributed by atoms with Crippen molar-refractivity contribution in [2.75, 3.05) is 40.9 Å². The van der Waals surface area contributed by atoms with Gasteiger partial charge in [-0.3, -0.25) is 9.89 Å². The van der Waals surface area contributed by atoms with Crippen molar-refractivity contribution in [2.45, 2.75) is 33.4 Å². The molecular weight excluding hydrogens is 376 g/mol.